The van der Waals surface area contributed by atoms with Gasteiger partial charge in [-0.1, -0.05) is 0 Å². The van der Waals surface area contributed by atoms with Crippen molar-refractivity contribution >= 4 is 22.8 Å². The number of amides is 2. The highest BCUT2D eigenvalue weighted by Gasteiger charge is 2.26. The molecule has 3 rings (SSSR count). The molecule has 2 heterocycles. The van der Waals surface area contributed by atoms with Gasteiger partial charge in [-0.3, -0.25) is 9.59 Å². The van der Waals surface area contributed by atoms with Crippen molar-refractivity contribution in [3.05, 3.63) is 24.0 Å². The molecule has 1 aliphatic rings. The molecule has 1 aromatic carbocycles. The fourth-order valence-corrected chi connectivity index (χ4v) is 3.07. The van der Waals surface area contributed by atoms with E-state index >= 15 is 0 Å². The number of carbonyl (C=O) groups is 2. The number of fused-ring (bicyclic) bond motifs is 1. The van der Waals surface area contributed by atoms with Crippen molar-refractivity contribution in [2.45, 2.75) is 33.0 Å². The van der Waals surface area contributed by atoms with Crippen molar-refractivity contribution in [3.8, 4) is 5.75 Å². The molecular formula is C17H23N5O3. The summed E-state index contributed by atoms with van der Waals surface area (Å²) in [7, 11) is 0. The lowest BCUT2D eigenvalue weighted by Crippen LogP contribution is -2.53. The number of hydrogen-bond donors (Lipinski definition) is 2. The number of piperazine rings is 1. The van der Waals surface area contributed by atoms with Crippen LogP contribution in [0.1, 0.15) is 19.7 Å². The highest BCUT2D eigenvalue weighted by molar-refractivity contribution is 5.88. The van der Waals surface area contributed by atoms with E-state index in [0.717, 1.165) is 23.4 Å². The topological polar surface area (TPSA) is 102 Å². The van der Waals surface area contributed by atoms with Gasteiger partial charge in [-0.2, -0.15) is 0 Å². The summed E-state index contributed by atoms with van der Waals surface area (Å²) in [6, 6.07) is 5.53. The number of hydrogen-bond acceptors (Lipinski definition) is 5. The second kappa shape index (κ2) is 7.10. The van der Waals surface area contributed by atoms with Crippen LogP contribution in [0.15, 0.2) is 18.2 Å². The fraction of sp³-hybridized carbons (Fsp3) is 0.471. The van der Waals surface area contributed by atoms with Gasteiger partial charge in [0.1, 0.15) is 11.6 Å². The Morgan fingerprint density at radius 2 is 2.28 bits per heavy atom. The number of benzene rings is 1. The van der Waals surface area contributed by atoms with Crippen LogP contribution in [0, 0.1) is 0 Å². The predicted molar refractivity (Wildman–Crippen MR) is 93.0 cm³/mol. The maximum absolute atomic E-state index is 12.5. The molecule has 2 amide bonds. The van der Waals surface area contributed by atoms with Gasteiger partial charge < -0.3 is 25.3 Å². The van der Waals surface area contributed by atoms with E-state index in [2.05, 4.69) is 10.3 Å². The summed E-state index contributed by atoms with van der Waals surface area (Å²) in [6.07, 6.45) is -0.671. The van der Waals surface area contributed by atoms with Gasteiger partial charge in [-0.05, 0) is 26.0 Å². The molecular weight excluding hydrogens is 322 g/mol. The molecule has 0 spiro atoms. The van der Waals surface area contributed by atoms with Gasteiger partial charge in [0.2, 0.25) is 5.91 Å². The number of imidazole rings is 1. The highest BCUT2D eigenvalue weighted by Crippen LogP contribution is 2.23. The largest absolute Gasteiger partial charge is 0.481 e. The minimum absolute atomic E-state index is 0.0774. The molecule has 1 aromatic heterocycles. The summed E-state index contributed by atoms with van der Waals surface area (Å²) in [4.78, 5) is 29.9. The molecule has 3 N–H and O–H groups in total. The summed E-state index contributed by atoms with van der Waals surface area (Å²) < 4.78 is 7.85. The molecule has 1 aliphatic heterocycles. The van der Waals surface area contributed by atoms with Gasteiger partial charge in [0.25, 0.3) is 5.91 Å². The lowest BCUT2D eigenvalue weighted by Gasteiger charge is -2.29. The average Bonchev–Trinajstić information content (AvgIpc) is 2.98. The van der Waals surface area contributed by atoms with Gasteiger partial charge in [0, 0.05) is 25.7 Å². The number of nitrogens with two attached hydrogens (primary N) is 1. The molecule has 2 aromatic rings. The minimum Gasteiger partial charge on any atom is -0.481 e. The number of rotatable bonds is 5. The highest BCUT2D eigenvalue weighted by atomic mass is 16.5. The first-order valence-electron chi connectivity index (χ1n) is 8.44. The summed E-state index contributed by atoms with van der Waals surface area (Å²) in [5, 5.41) is 2.70. The van der Waals surface area contributed by atoms with Crippen LogP contribution in [0.4, 0.5) is 0 Å². The van der Waals surface area contributed by atoms with Crippen molar-refractivity contribution < 1.29 is 14.3 Å². The van der Waals surface area contributed by atoms with Crippen LogP contribution in [-0.4, -0.2) is 52.0 Å². The smallest absolute Gasteiger partial charge is 0.263 e. The van der Waals surface area contributed by atoms with Gasteiger partial charge >= 0.3 is 0 Å². The molecule has 0 aliphatic carbocycles. The first kappa shape index (κ1) is 17.2. The molecule has 1 fully saturated rings. The quantitative estimate of drug-likeness (QED) is 0.808. The summed E-state index contributed by atoms with van der Waals surface area (Å²) >= 11 is 0. The number of aryl methyl sites for hydroxylation is 1. The number of ether oxygens (including phenoxy) is 1. The van der Waals surface area contributed by atoms with E-state index in [4.69, 9.17) is 10.5 Å². The van der Waals surface area contributed by atoms with E-state index in [1.807, 2.05) is 23.6 Å². The van der Waals surface area contributed by atoms with Gasteiger partial charge in [0.05, 0.1) is 24.1 Å². The number of nitrogens with one attached hydrogen (secondary N) is 1. The third kappa shape index (κ3) is 3.43. The van der Waals surface area contributed by atoms with Crippen molar-refractivity contribution in [2.75, 3.05) is 19.6 Å². The number of nitrogens with zero attached hydrogens (tertiary/aromatic N) is 3. The number of carbonyl (C=O) groups excluding carboxylic acids is 2. The second-order valence-electron chi connectivity index (χ2n) is 6.00. The molecule has 0 radical (unpaired) electrons. The Kier molecular flexibility index (Phi) is 4.89. The SMILES string of the molecule is CCn1c(CN)nc2ccc(O[C@H](C)C(=O)N3CCNC(=O)C3)cc21. The summed E-state index contributed by atoms with van der Waals surface area (Å²) in [5.74, 6) is 1.07. The Morgan fingerprint density at radius 3 is 2.96 bits per heavy atom. The van der Waals surface area contributed by atoms with Crippen LogP contribution in [-0.2, 0) is 22.7 Å². The van der Waals surface area contributed by atoms with E-state index in [0.29, 0.717) is 25.4 Å². The molecule has 134 valence electrons. The Hall–Kier alpha value is -2.61. The lowest BCUT2D eigenvalue weighted by atomic mass is 10.2. The van der Waals surface area contributed by atoms with Crippen LogP contribution in [0.3, 0.4) is 0 Å². The molecule has 8 heteroatoms. The molecule has 0 saturated carbocycles. The van der Waals surface area contributed by atoms with E-state index < -0.39 is 6.10 Å². The zero-order valence-corrected chi connectivity index (χ0v) is 14.5. The van der Waals surface area contributed by atoms with Gasteiger partial charge in [-0.15, -0.1) is 0 Å². The van der Waals surface area contributed by atoms with Crippen molar-refractivity contribution in [1.82, 2.24) is 19.8 Å². The third-order valence-corrected chi connectivity index (χ3v) is 4.31. The average molecular weight is 345 g/mol. The van der Waals surface area contributed by atoms with E-state index in [1.54, 1.807) is 13.0 Å². The second-order valence-corrected chi connectivity index (χ2v) is 6.00. The van der Waals surface area contributed by atoms with Crippen LogP contribution >= 0.6 is 0 Å². The minimum atomic E-state index is -0.671. The Morgan fingerprint density at radius 1 is 1.48 bits per heavy atom. The first-order chi connectivity index (χ1) is 12.0. The Labute approximate surface area is 145 Å². The fourth-order valence-electron chi connectivity index (χ4n) is 3.07. The van der Waals surface area contributed by atoms with Crippen LogP contribution in [0.5, 0.6) is 5.75 Å². The van der Waals surface area contributed by atoms with Gasteiger partial charge in [-0.25, -0.2) is 4.98 Å². The molecule has 0 bridgehead atoms. The van der Waals surface area contributed by atoms with Crippen LogP contribution < -0.4 is 15.8 Å². The van der Waals surface area contributed by atoms with Crippen LogP contribution in [0.25, 0.3) is 11.0 Å². The Bertz CT molecular complexity index is 801. The molecule has 1 atom stereocenters. The van der Waals surface area contributed by atoms with E-state index in [9.17, 15) is 9.59 Å². The maximum atomic E-state index is 12.5. The van der Waals surface area contributed by atoms with Crippen molar-refractivity contribution in [3.63, 3.8) is 0 Å². The van der Waals surface area contributed by atoms with E-state index in [-0.39, 0.29) is 18.4 Å². The molecule has 25 heavy (non-hydrogen) atoms. The predicted octanol–water partition coefficient (Wildman–Crippen LogP) is 0.241. The zero-order chi connectivity index (χ0) is 18.0. The van der Waals surface area contributed by atoms with Crippen molar-refractivity contribution in [1.29, 1.82) is 0 Å². The first-order valence-corrected chi connectivity index (χ1v) is 8.44. The zero-order valence-electron chi connectivity index (χ0n) is 14.5. The standard InChI is InChI=1S/C17H23N5O3/c1-3-22-14-8-12(4-5-13(14)20-15(22)9-18)25-11(2)17(24)21-7-6-19-16(23)10-21/h4-5,8,11H,3,6-7,9-10,18H2,1-2H3,(H,19,23)/t11-/m1/s1. The molecule has 1 saturated heterocycles. The summed E-state index contributed by atoms with van der Waals surface area (Å²) in [5.41, 5.74) is 7.52. The lowest BCUT2D eigenvalue weighted by molar-refractivity contribution is -0.143. The monoisotopic (exact) mass is 345 g/mol. The van der Waals surface area contributed by atoms with E-state index in [1.165, 1.54) is 4.90 Å². The third-order valence-electron chi connectivity index (χ3n) is 4.31. The molecule has 8 nitrogen and oxygen atoms in total. The van der Waals surface area contributed by atoms with Crippen LogP contribution in [0.2, 0.25) is 0 Å². The summed E-state index contributed by atoms with van der Waals surface area (Å²) in [6.45, 7) is 5.89. The maximum Gasteiger partial charge on any atom is 0.263 e. The molecule has 0 unspecified atom stereocenters. The van der Waals surface area contributed by atoms with Crippen molar-refractivity contribution in [2.24, 2.45) is 5.73 Å². The Balaban J connectivity index is 1.77. The van der Waals surface area contributed by atoms with Gasteiger partial charge in [0.15, 0.2) is 6.10 Å². The normalized spacial score (nSPS) is 16.0. The number of aromatic nitrogens is 2.